The molecule has 2 N–H and O–H groups in total. The van der Waals surface area contributed by atoms with Crippen LogP contribution in [-0.2, 0) is 12.8 Å². The van der Waals surface area contributed by atoms with Crippen LogP contribution in [0.5, 0.6) is 11.5 Å². The van der Waals surface area contributed by atoms with Crippen molar-refractivity contribution in [1.82, 2.24) is 0 Å². The third-order valence-electron chi connectivity index (χ3n) is 12.8. The summed E-state index contributed by atoms with van der Waals surface area (Å²) in [7, 11) is 3.42. The zero-order valence-corrected chi connectivity index (χ0v) is 32.7. The standard InChI is InChI=1S/2C24H32O2/c2*1-4-6-15-24(5-2)16-14-18-12-13-20(26-3)17-21(18)22(23(24)25)19-10-8-7-9-11-19/h2*7-13,17,22-23,25H,4-6,14-16H2,1-3H3/t22-,23-,24+;22-,23-,24-/m01/s1. The van der Waals surface area contributed by atoms with Crippen molar-refractivity contribution in [2.24, 2.45) is 10.8 Å². The van der Waals surface area contributed by atoms with Gasteiger partial charge in [0.25, 0.3) is 0 Å². The van der Waals surface area contributed by atoms with Gasteiger partial charge >= 0.3 is 0 Å². The van der Waals surface area contributed by atoms with Gasteiger partial charge in [-0.05, 0) is 120 Å². The number of rotatable bonds is 12. The molecule has 0 saturated carbocycles. The van der Waals surface area contributed by atoms with Gasteiger partial charge in [-0.2, -0.15) is 0 Å². The van der Waals surface area contributed by atoms with Gasteiger partial charge < -0.3 is 19.7 Å². The Kier molecular flexibility index (Phi) is 14.0. The molecule has 0 radical (unpaired) electrons. The number of aliphatic hydroxyl groups excluding tert-OH is 2. The molecule has 4 aromatic rings. The second-order valence-corrected chi connectivity index (χ2v) is 15.4. The second-order valence-electron chi connectivity index (χ2n) is 15.4. The fraction of sp³-hybridized carbons (Fsp3) is 0.500. The van der Waals surface area contributed by atoms with Crippen LogP contribution in [0, 0.1) is 10.8 Å². The molecule has 2 aliphatic rings. The SMILES string of the molecule is CCCC[C@]1(CC)CCc2ccc(OC)cc2[C@@H](c2ccccc2)[C@H]1O.CCCC[C@]1(CC)CCc2ccc(OC)cc2[C@H](c2ccccc2)[C@@H]1O. The Morgan fingerprint density at radius 2 is 0.942 bits per heavy atom. The van der Waals surface area contributed by atoms with Gasteiger partial charge in [0.15, 0.2) is 0 Å². The molecule has 0 spiro atoms. The monoisotopic (exact) mass is 704 g/mol. The highest BCUT2D eigenvalue weighted by Crippen LogP contribution is 2.51. The van der Waals surface area contributed by atoms with E-state index in [1.807, 2.05) is 12.1 Å². The molecule has 0 heterocycles. The van der Waals surface area contributed by atoms with Crippen molar-refractivity contribution < 1.29 is 19.7 Å². The highest BCUT2D eigenvalue weighted by molar-refractivity contribution is 5.46. The predicted octanol–water partition coefficient (Wildman–Crippen LogP) is 11.4. The lowest BCUT2D eigenvalue weighted by molar-refractivity contribution is -0.00165. The lowest BCUT2D eigenvalue weighted by atomic mass is 9.67. The van der Waals surface area contributed by atoms with Gasteiger partial charge in [0.1, 0.15) is 11.5 Å². The Bertz CT molecular complexity index is 1540. The van der Waals surface area contributed by atoms with Crippen LogP contribution in [0.2, 0.25) is 0 Å². The van der Waals surface area contributed by atoms with Crippen molar-refractivity contribution in [3.63, 3.8) is 0 Å². The summed E-state index contributed by atoms with van der Waals surface area (Å²) >= 11 is 0. The number of benzene rings is 4. The quantitative estimate of drug-likeness (QED) is 0.144. The molecule has 4 aromatic carbocycles. The van der Waals surface area contributed by atoms with E-state index >= 15 is 0 Å². The van der Waals surface area contributed by atoms with Crippen LogP contribution in [0.3, 0.4) is 0 Å². The Morgan fingerprint density at radius 1 is 0.558 bits per heavy atom. The molecule has 0 aliphatic heterocycles. The van der Waals surface area contributed by atoms with Crippen LogP contribution in [0.4, 0.5) is 0 Å². The summed E-state index contributed by atoms with van der Waals surface area (Å²) in [5, 5.41) is 23.4. The summed E-state index contributed by atoms with van der Waals surface area (Å²) < 4.78 is 11.0. The zero-order chi connectivity index (χ0) is 37.1. The fourth-order valence-electron chi connectivity index (χ4n) is 9.32. The molecule has 6 rings (SSSR count). The van der Waals surface area contributed by atoms with Crippen LogP contribution in [0.15, 0.2) is 97.1 Å². The van der Waals surface area contributed by atoms with Gasteiger partial charge in [-0.25, -0.2) is 0 Å². The third-order valence-corrected chi connectivity index (χ3v) is 12.8. The van der Waals surface area contributed by atoms with E-state index in [1.54, 1.807) is 14.2 Å². The fourth-order valence-corrected chi connectivity index (χ4v) is 9.32. The average molecular weight is 705 g/mol. The molecule has 0 aromatic heterocycles. The van der Waals surface area contributed by atoms with Crippen LogP contribution in [0.25, 0.3) is 0 Å². The maximum Gasteiger partial charge on any atom is 0.119 e. The predicted molar refractivity (Wildman–Crippen MR) is 216 cm³/mol. The van der Waals surface area contributed by atoms with E-state index < -0.39 is 0 Å². The van der Waals surface area contributed by atoms with Gasteiger partial charge in [-0.1, -0.05) is 126 Å². The van der Waals surface area contributed by atoms with Crippen molar-refractivity contribution in [1.29, 1.82) is 0 Å². The Morgan fingerprint density at radius 3 is 1.27 bits per heavy atom. The number of unbranched alkanes of at least 4 members (excludes halogenated alkanes) is 2. The summed E-state index contributed by atoms with van der Waals surface area (Å²) in [5.74, 6) is 1.74. The van der Waals surface area contributed by atoms with Crippen LogP contribution >= 0.6 is 0 Å². The summed E-state index contributed by atoms with van der Waals surface area (Å²) in [6, 6.07) is 33.8. The first-order valence-electron chi connectivity index (χ1n) is 20.1. The molecule has 280 valence electrons. The molecule has 0 amide bonds. The summed E-state index contributed by atoms with van der Waals surface area (Å²) in [5.41, 5.74) is 7.52. The molecule has 4 nitrogen and oxygen atoms in total. The summed E-state index contributed by atoms with van der Waals surface area (Å²) in [6.07, 6.45) is 12.3. The van der Waals surface area contributed by atoms with Crippen LogP contribution < -0.4 is 9.47 Å². The van der Waals surface area contributed by atoms with Crippen molar-refractivity contribution in [3.05, 3.63) is 130 Å². The molecule has 4 heteroatoms. The number of hydrogen-bond donors (Lipinski definition) is 2. The van der Waals surface area contributed by atoms with Crippen molar-refractivity contribution in [2.75, 3.05) is 14.2 Å². The van der Waals surface area contributed by atoms with E-state index in [2.05, 4.69) is 113 Å². The lowest BCUT2D eigenvalue weighted by Gasteiger charge is -2.40. The third kappa shape index (κ3) is 8.45. The first kappa shape index (κ1) is 39.6. The molecular weight excluding hydrogens is 641 g/mol. The molecule has 52 heavy (non-hydrogen) atoms. The number of hydrogen-bond acceptors (Lipinski definition) is 4. The lowest BCUT2D eigenvalue weighted by Crippen LogP contribution is -2.38. The van der Waals surface area contributed by atoms with E-state index in [0.717, 1.165) is 62.9 Å². The minimum Gasteiger partial charge on any atom is -0.497 e. The van der Waals surface area contributed by atoms with Crippen LogP contribution in [0.1, 0.15) is 137 Å². The molecule has 0 saturated heterocycles. The number of aryl methyl sites for hydroxylation is 2. The Labute approximate surface area is 314 Å². The Balaban J connectivity index is 0.000000201. The average Bonchev–Trinajstić information content (AvgIpc) is 3.40. The van der Waals surface area contributed by atoms with Gasteiger partial charge in [0.2, 0.25) is 0 Å². The van der Waals surface area contributed by atoms with Gasteiger partial charge in [0.05, 0.1) is 26.4 Å². The topological polar surface area (TPSA) is 58.9 Å². The van der Waals surface area contributed by atoms with Crippen LogP contribution in [-0.4, -0.2) is 36.6 Å². The smallest absolute Gasteiger partial charge is 0.119 e. The molecule has 6 atom stereocenters. The van der Waals surface area contributed by atoms with E-state index in [9.17, 15) is 10.2 Å². The van der Waals surface area contributed by atoms with E-state index in [-0.39, 0.29) is 34.9 Å². The van der Waals surface area contributed by atoms with E-state index in [0.29, 0.717) is 0 Å². The zero-order valence-electron chi connectivity index (χ0n) is 32.7. The van der Waals surface area contributed by atoms with Gasteiger partial charge in [0, 0.05) is 11.8 Å². The molecule has 0 bridgehead atoms. The number of ether oxygens (including phenoxy) is 2. The second kappa shape index (κ2) is 18.4. The van der Waals surface area contributed by atoms with E-state index in [4.69, 9.17) is 9.47 Å². The van der Waals surface area contributed by atoms with Crippen molar-refractivity contribution in [2.45, 2.75) is 129 Å². The summed E-state index contributed by atoms with van der Waals surface area (Å²) in [4.78, 5) is 0. The first-order valence-corrected chi connectivity index (χ1v) is 20.1. The van der Waals surface area contributed by atoms with Gasteiger partial charge in [-0.3, -0.25) is 0 Å². The van der Waals surface area contributed by atoms with Crippen molar-refractivity contribution in [3.8, 4) is 11.5 Å². The molecular formula is C48H64O4. The van der Waals surface area contributed by atoms with Crippen molar-refractivity contribution >= 4 is 0 Å². The minimum atomic E-state index is -0.380. The first-order chi connectivity index (χ1) is 25.3. The largest absolute Gasteiger partial charge is 0.497 e. The highest BCUT2D eigenvalue weighted by Gasteiger charge is 2.45. The summed E-state index contributed by atoms with van der Waals surface area (Å²) in [6.45, 7) is 8.97. The number of fused-ring (bicyclic) bond motifs is 2. The number of aliphatic hydroxyl groups is 2. The minimum absolute atomic E-state index is 0.000561. The molecule has 0 unspecified atom stereocenters. The maximum atomic E-state index is 11.7. The molecule has 0 fully saturated rings. The Hall–Kier alpha value is -3.60. The van der Waals surface area contributed by atoms with Gasteiger partial charge in [-0.15, -0.1) is 0 Å². The van der Waals surface area contributed by atoms with E-state index in [1.165, 1.54) is 59.1 Å². The normalized spacial score (nSPS) is 25.4. The maximum absolute atomic E-state index is 11.7. The highest BCUT2D eigenvalue weighted by atomic mass is 16.5. The molecule has 2 aliphatic carbocycles. The number of methoxy groups -OCH3 is 2.